The Kier molecular flexibility index (Phi) is 43.5. The SMILES string of the molecule is CC/C=C\C/C=C\C/C=C\C/C=C\CCCCCCCCCCCCCCCCC(=O)NC(COP(=O)([O-])OCC[N+](C)(C)C)C(O)CCCCCCCCCCCCCCC. The Hall–Kier alpha value is -1.54. The van der Waals surface area contributed by atoms with Crippen LogP contribution in [-0.4, -0.2) is 68.5 Å². The molecule has 3 atom stereocenters. The minimum Gasteiger partial charge on any atom is -0.756 e. The zero-order valence-corrected chi connectivity index (χ0v) is 42.2. The van der Waals surface area contributed by atoms with Gasteiger partial charge >= 0.3 is 0 Å². The van der Waals surface area contributed by atoms with Crippen molar-refractivity contribution in [3.63, 3.8) is 0 Å². The molecule has 9 heteroatoms. The summed E-state index contributed by atoms with van der Waals surface area (Å²) in [5, 5.41) is 13.9. The second-order valence-electron chi connectivity index (χ2n) is 18.9. The van der Waals surface area contributed by atoms with Gasteiger partial charge < -0.3 is 28.8 Å². The van der Waals surface area contributed by atoms with Crippen LogP contribution in [0, 0.1) is 0 Å². The fraction of sp³-hybridized carbons (Fsp3) is 0.830. The summed E-state index contributed by atoms with van der Waals surface area (Å²) in [5.74, 6) is -0.166. The molecule has 0 bridgehead atoms. The lowest BCUT2D eigenvalue weighted by atomic mass is 10.0. The molecule has 1 amide bonds. The number of nitrogens with zero attached hydrogens (tertiary/aromatic N) is 1. The van der Waals surface area contributed by atoms with Crippen LogP contribution < -0.4 is 10.2 Å². The molecule has 0 fully saturated rings. The van der Waals surface area contributed by atoms with Crippen molar-refractivity contribution in [2.24, 2.45) is 0 Å². The lowest BCUT2D eigenvalue weighted by molar-refractivity contribution is -0.870. The molecule has 3 unspecified atom stereocenters. The van der Waals surface area contributed by atoms with Crippen LogP contribution in [0.5, 0.6) is 0 Å². The van der Waals surface area contributed by atoms with Gasteiger partial charge in [-0.05, 0) is 51.4 Å². The van der Waals surface area contributed by atoms with Gasteiger partial charge in [0.15, 0.2) is 0 Å². The summed E-state index contributed by atoms with van der Waals surface area (Å²) in [4.78, 5) is 25.4. The van der Waals surface area contributed by atoms with Crippen LogP contribution in [0.25, 0.3) is 0 Å². The number of carbonyl (C=O) groups is 1. The smallest absolute Gasteiger partial charge is 0.268 e. The van der Waals surface area contributed by atoms with Crippen LogP contribution in [0.4, 0.5) is 0 Å². The number of hydrogen-bond acceptors (Lipinski definition) is 6. The zero-order valence-electron chi connectivity index (χ0n) is 41.3. The lowest BCUT2D eigenvalue weighted by Gasteiger charge is -2.30. The number of hydrogen-bond donors (Lipinski definition) is 2. The van der Waals surface area contributed by atoms with E-state index >= 15 is 0 Å². The van der Waals surface area contributed by atoms with Crippen molar-refractivity contribution in [1.29, 1.82) is 0 Å². The van der Waals surface area contributed by atoms with Crippen LogP contribution in [0.2, 0.25) is 0 Å². The highest BCUT2D eigenvalue weighted by Crippen LogP contribution is 2.38. The van der Waals surface area contributed by atoms with Crippen LogP contribution in [-0.2, 0) is 18.4 Å². The van der Waals surface area contributed by atoms with E-state index < -0.39 is 20.0 Å². The maximum atomic E-state index is 12.9. The molecule has 0 saturated carbocycles. The highest BCUT2D eigenvalue weighted by molar-refractivity contribution is 7.45. The Morgan fingerprint density at radius 2 is 0.984 bits per heavy atom. The number of likely N-dealkylation sites (N-methyl/N-ethyl adjacent to an activating group) is 1. The van der Waals surface area contributed by atoms with Crippen LogP contribution in [0.15, 0.2) is 48.6 Å². The van der Waals surface area contributed by atoms with Crippen molar-refractivity contribution in [3.05, 3.63) is 48.6 Å². The van der Waals surface area contributed by atoms with E-state index in [1.54, 1.807) is 0 Å². The predicted octanol–water partition coefficient (Wildman–Crippen LogP) is 14.6. The fourth-order valence-corrected chi connectivity index (χ4v) is 8.23. The summed E-state index contributed by atoms with van der Waals surface area (Å²) in [7, 11) is 1.30. The van der Waals surface area contributed by atoms with Gasteiger partial charge in [0.2, 0.25) is 5.91 Å². The lowest BCUT2D eigenvalue weighted by Crippen LogP contribution is -2.46. The quantitative estimate of drug-likeness (QED) is 0.0273. The first-order valence-corrected chi connectivity index (χ1v) is 27.4. The number of amides is 1. The molecule has 2 N–H and O–H groups in total. The number of aliphatic hydroxyl groups is 1. The molecule has 0 heterocycles. The second kappa shape index (κ2) is 44.7. The van der Waals surface area contributed by atoms with Crippen LogP contribution in [0.3, 0.4) is 0 Å². The molecule has 0 aromatic heterocycles. The van der Waals surface area contributed by atoms with Gasteiger partial charge in [-0.25, -0.2) is 0 Å². The number of aliphatic hydroxyl groups excluding tert-OH is 1. The highest BCUT2D eigenvalue weighted by atomic mass is 31.2. The van der Waals surface area contributed by atoms with Gasteiger partial charge in [-0.3, -0.25) is 9.36 Å². The van der Waals surface area contributed by atoms with Crippen molar-refractivity contribution in [2.45, 2.75) is 244 Å². The molecule has 0 aliphatic heterocycles. The molecule has 364 valence electrons. The van der Waals surface area contributed by atoms with Crippen molar-refractivity contribution in [1.82, 2.24) is 5.32 Å². The average molecular weight is 893 g/mol. The number of nitrogens with one attached hydrogen (secondary N) is 1. The van der Waals surface area contributed by atoms with Gasteiger partial charge in [-0.15, -0.1) is 0 Å². The number of rotatable bonds is 47. The molecule has 0 aromatic rings. The molecule has 0 aliphatic carbocycles. The molecule has 8 nitrogen and oxygen atoms in total. The molecule has 0 aliphatic rings. The van der Waals surface area contributed by atoms with Crippen molar-refractivity contribution in [3.8, 4) is 0 Å². The van der Waals surface area contributed by atoms with Crippen molar-refractivity contribution < 1.29 is 32.9 Å². The third-order valence-corrected chi connectivity index (χ3v) is 12.5. The van der Waals surface area contributed by atoms with E-state index in [4.69, 9.17) is 9.05 Å². The van der Waals surface area contributed by atoms with Crippen molar-refractivity contribution >= 4 is 13.7 Å². The first kappa shape index (κ1) is 60.5. The van der Waals surface area contributed by atoms with Crippen molar-refractivity contribution in [2.75, 3.05) is 40.9 Å². The molecule has 0 aromatic carbocycles. The van der Waals surface area contributed by atoms with E-state index in [1.165, 1.54) is 141 Å². The molecule has 0 spiro atoms. The van der Waals surface area contributed by atoms with Gasteiger partial charge in [0.1, 0.15) is 13.2 Å². The summed E-state index contributed by atoms with van der Waals surface area (Å²) in [5.41, 5.74) is 0. The molecule has 0 rings (SSSR count). The summed E-state index contributed by atoms with van der Waals surface area (Å²) in [6, 6.07) is -0.800. The number of unbranched alkanes of at least 4 members (excludes halogenated alkanes) is 26. The summed E-state index contributed by atoms with van der Waals surface area (Å²) in [6.45, 7) is 4.61. The number of quaternary nitrogens is 1. The van der Waals surface area contributed by atoms with Gasteiger partial charge in [-0.1, -0.05) is 223 Å². The van der Waals surface area contributed by atoms with E-state index in [-0.39, 0.29) is 19.1 Å². The Balaban J connectivity index is 4.13. The van der Waals surface area contributed by atoms with Crippen LogP contribution in [0.1, 0.15) is 232 Å². The minimum absolute atomic E-state index is 0.0117. The minimum atomic E-state index is -4.57. The topological polar surface area (TPSA) is 108 Å². The Morgan fingerprint density at radius 3 is 1.44 bits per heavy atom. The number of phosphoric acid groups is 1. The maximum absolute atomic E-state index is 12.9. The largest absolute Gasteiger partial charge is 0.756 e. The summed E-state index contributed by atoms with van der Waals surface area (Å²) >= 11 is 0. The van der Waals surface area contributed by atoms with E-state index in [1.807, 2.05) is 21.1 Å². The monoisotopic (exact) mass is 893 g/mol. The normalized spacial score (nSPS) is 14.5. The first-order chi connectivity index (χ1) is 30.0. The number of allylic oxidation sites excluding steroid dienone is 8. The van der Waals surface area contributed by atoms with E-state index in [2.05, 4.69) is 67.8 Å². The fourth-order valence-electron chi connectivity index (χ4n) is 7.50. The standard InChI is InChI=1S/C53H101N2O6P/c1-6-8-10-12-14-16-18-20-21-22-23-24-25-26-27-28-29-30-31-32-33-35-37-39-41-43-45-47-53(57)54-51(50-61-62(58,59)60-49-48-55(3,4)5)52(56)46-44-42-40-38-36-34-19-17-15-13-11-9-7-2/h8,10,14,16,20-21,23-24,51-52,56H,6-7,9,11-13,15,17-19,22,25-50H2,1-5H3,(H-,54,57,58,59)/b10-8-,16-14-,21-20-,24-23-. The van der Waals surface area contributed by atoms with E-state index in [9.17, 15) is 19.4 Å². The van der Waals surface area contributed by atoms with Gasteiger partial charge in [0.05, 0.1) is 39.9 Å². The second-order valence-corrected chi connectivity index (χ2v) is 20.3. The number of phosphoric ester groups is 1. The molecular weight excluding hydrogens is 792 g/mol. The molecule has 0 radical (unpaired) electrons. The average Bonchev–Trinajstić information content (AvgIpc) is 3.23. The van der Waals surface area contributed by atoms with E-state index in [0.29, 0.717) is 23.9 Å². The Bertz CT molecular complexity index is 1150. The summed E-state index contributed by atoms with van der Waals surface area (Å²) < 4.78 is 23.3. The highest BCUT2D eigenvalue weighted by Gasteiger charge is 2.24. The third-order valence-electron chi connectivity index (χ3n) is 11.6. The van der Waals surface area contributed by atoms with Crippen LogP contribution >= 0.6 is 7.82 Å². The van der Waals surface area contributed by atoms with Gasteiger partial charge in [0, 0.05) is 6.42 Å². The predicted molar refractivity (Wildman–Crippen MR) is 265 cm³/mol. The Morgan fingerprint density at radius 1 is 0.581 bits per heavy atom. The zero-order chi connectivity index (χ0) is 45.7. The maximum Gasteiger partial charge on any atom is 0.268 e. The third kappa shape index (κ3) is 46.5. The van der Waals surface area contributed by atoms with Gasteiger partial charge in [-0.2, -0.15) is 0 Å². The summed E-state index contributed by atoms with van der Waals surface area (Å²) in [6.07, 6.45) is 57.0. The molecular formula is C53H101N2O6P. The number of carbonyl (C=O) groups excluding carboxylic acids is 1. The van der Waals surface area contributed by atoms with Gasteiger partial charge in [0.25, 0.3) is 7.82 Å². The van der Waals surface area contributed by atoms with E-state index in [0.717, 1.165) is 64.2 Å². The molecule has 62 heavy (non-hydrogen) atoms. The first-order valence-electron chi connectivity index (χ1n) is 26.0. The Labute approximate surface area is 384 Å². The molecule has 0 saturated heterocycles.